The van der Waals surface area contributed by atoms with E-state index in [9.17, 15) is 9.59 Å². The van der Waals surface area contributed by atoms with Gasteiger partial charge in [-0.25, -0.2) is 10.2 Å². The van der Waals surface area contributed by atoms with Gasteiger partial charge in [0.25, 0.3) is 5.91 Å². The average Bonchev–Trinajstić information content (AvgIpc) is 3.24. The summed E-state index contributed by atoms with van der Waals surface area (Å²) in [4.78, 5) is 23.6. The van der Waals surface area contributed by atoms with Gasteiger partial charge >= 0.3 is 5.97 Å². The number of methoxy groups -OCH3 is 2. The third-order valence-corrected chi connectivity index (χ3v) is 3.90. The summed E-state index contributed by atoms with van der Waals surface area (Å²) in [5.74, 6) is -0.138. The molecule has 28 heavy (non-hydrogen) atoms. The molecule has 0 fully saturated rings. The Balaban J connectivity index is 1.63. The van der Waals surface area contributed by atoms with Crippen molar-refractivity contribution in [1.29, 1.82) is 0 Å². The summed E-state index contributed by atoms with van der Waals surface area (Å²) in [5.41, 5.74) is 5.29. The molecule has 0 radical (unpaired) electrons. The van der Waals surface area contributed by atoms with E-state index in [4.69, 9.17) is 4.74 Å². The lowest BCUT2D eigenvalue weighted by atomic mass is 10.1. The molecule has 0 aliphatic carbocycles. The zero-order valence-corrected chi connectivity index (χ0v) is 15.3. The summed E-state index contributed by atoms with van der Waals surface area (Å²) >= 11 is 0. The van der Waals surface area contributed by atoms with E-state index in [2.05, 4.69) is 25.5 Å². The number of benzene rings is 2. The molecule has 1 amide bonds. The molecule has 0 unspecified atom stereocenters. The molecule has 1 aromatic heterocycles. The molecule has 0 saturated heterocycles. The van der Waals surface area contributed by atoms with Crippen molar-refractivity contribution >= 4 is 18.1 Å². The Kier molecular flexibility index (Phi) is 5.81. The predicted molar refractivity (Wildman–Crippen MR) is 103 cm³/mol. The Morgan fingerprint density at radius 1 is 1.11 bits per heavy atom. The van der Waals surface area contributed by atoms with Crippen molar-refractivity contribution in [3.05, 3.63) is 71.4 Å². The number of hydrazone groups is 1. The van der Waals surface area contributed by atoms with Crippen molar-refractivity contribution in [3.8, 4) is 17.0 Å². The van der Waals surface area contributed by atoms with E-state index >= 15 is 0 Å². The maximum atomic E-state index is 12.2. The first-order valence-electron chi connectivity index (χ1n) is 8.32. The third kappa shape index (κ3) is 4.42. The summed E-state index contributed by atoms with van der Waals surface area (Å²) < 4.78 is 9.83. The molecule has 0 saturated carbocycles. The Morgan fingerprint density at radius 2 is 1.89 bits per heavy atom. The van der Waals surface area contributed by atoms with Gasteiger partial charge < -0.3 is 9.47 Å². The molecule has 0 aliphatic rings. The van der Waals surface area contributed by atoms with E-state index in [1.807, 2.05) is 24.3 Å². The SMILES string of the molecule is COC(=O)c1ccc(/C=N\NC(=O)c2cc(-c3cccc(OC)c3)n[nH]2)cc1. The van der Waals surface area contributed by atoms with E-state index < -0.39 is 11.9 Å². The number of hydrogen-bond acceptors (Lipinski definition) is 6. The van der Waals surface area contributed by atoms with Crippen LogP contribution in [0.15, 0.2) is 59.7 Å². The van der Waals surface area contributed by atoms with Crippen molar-refractivity contribution in [1.82, 2.24) is 15.6 Å². The topological polar surface area (TPSA) is 106 Å². The number of amides is 1. The summed E-state index contributed by atoms with van der Waals surface area (Å²) in [6.07, 6.45) is 1.47. The first-order valence-corrected chi connectivity index (χ1v) is 8.32. The third-order valence-electron chi connectivity index (χ3n) is 3.90. The first kappa shape index (κ1) is 18.8. The van der Waals surface area contributed by atoms with E-state index in [0.29, 0.717) is 17.0 Å². The summed E-state index contributed by atoms with van der Waals surface area (Å²) in [7, 11) is 2.91. The van der Waals surface area contributed by atoms with Crippen LogP contribution in [0.4, 0.5) is 0 Å². The lowest BCUT2D eigenvalue weighted by Gasteiger charge is -2.01. The molecule has 8 heteroatoms. The normalized spacial score (nSPS) is 10.6. The minimum atomic E-state index is -0.427. The van der Waals surface area contributed by atoms with Gasteiger partial charge in [-0.1, -0.05) is 24.3 Å². The Bertz CT molecular complexity index is 1010. The van der Waals surface area contributed by atoms with Crippen molar-refractivity contribution in [2.75, 3.05) is 14.2 Å². The largest absolute Gasteiger partial charge is 0.497 e. The molecule has 0 aliphatic heterocycles. The lowest BCUT2D eigenvalue weighted by Crippen LogP contribution is -2.18. The number of esters is 1. The minimum Gasteiger partial charge on any atom is -0.497 e. The molecule has 2 N–H and O–H groups in total. The Labute approximate surface area is 161 Å². The van der Waals surface area contributed by atoms with Gasteiger partial charge in [0.2, 0.25) is 0 Å². The monoisotopic (exact) mass is 378 g/mol. The molecule has 142 valence electrons. The maximum absolute atomic E-state index is 12.2. The average molecular weight is 378 g/mol. The lowest BCUT2D eigenvalue weighted by molar-refractivity contribution is 0.0600. The van der Waals surface area contributed by atoms with Crippen LogP contribution in [0.25, 0.3) is 11.3 Å². The van der Waals surface area contributed by atoms with Gasteiger partial charge in [0.15, 0.2) is 0 Å². The van der Waals surface area contributed by atoms with Crippen LogP contribution in [0.1, 0.15) is 26.4 Å². The number of aromatic nitrogens is 2. The van der Waals surface area contributed by atoms with E-state index in [1.165, 1.54) is 13.3 Å². The smallest absolute Gasteiger partial charge is 0.337 e. The number of hydrogen-bond donors (Lipinski definition) is 2. The molecule has 0 bridgehead atoms. The standard InChI is InChI=1S/C20H18N4O4/c1-27-16-5-3-4-15(10-16)17-11-18(23-22-17)19(25)24-21-12-13-6-8-14(9-7-13)20(26)28-2/h3-12H,1-2H3,(H,22,23)(H,24,25)/b21-12-. The van der Waals surface area contributed by atoms with Gasteiger partial charge in [-0.2, -0.15) is 10.2 Å². The molecule has 8 nitrogen and oxygen atoms in total. The minimum absolute atomic E-state index is 0.274. The summed E-state index contributed by atoms with van der Waals surface area (Å²) in [5, 5.41) is 10.7. The highest BCUT2D eigenvalue weighted by atomic mass is 16.5. The maximum Gasteiger partial charge on any atom is 0.337 e. The first-order chi connectivity index (χ1) is 13.6. The second-order valence-electron chi connectivity index (χ2n) is 5.71. The molecule has 2 aromatic carbocycles. The highest BCUT2D eigenvalue weighted by molar-refractivity contribution is 5.94. The molecule has 1 heterocycles. The molecule has 0 spiro atoms. The highest BCUT2D eigenvalue weighted by Gasteiger charge is 2.11. The molecule has 3 rings (SSSR count). The van der Waals surface area contributed by atoms with Gasteiger partial charge in [0.1, 0.15) is 11.4 Å². The molecular formula is C20H18N4O4. The second kappa shape index (κ2) is 8.63. The number of H-pyrrole nitrogens is 1. The van der Waals surface area contributed by atoms with Crippen LogP contribution in [0.5, 0.6) is 5.75 Å². The Hall–Kier alpha value is -3.94. The zero-order chi connectivity index (χ0) is 19.9. The van der Waals surface area contributed by atoms with Gasteiger partial charge in [-0.05, 0) is 35.9 Å². The Morgan fingerprint density at radius 3 is 2.61 bits per heavy atom. The van der Waals surface area contributed by atoms with Crippen molar-refractivity contribution in [2.24, 2.45) is 5.10 Å². The molecular weight excluding hydrogens is 360 g/mol. The van der Waals surface area contributed by atoms with E-state index in [-0.39, 0.29) is 5.69 Å². The van der Waals surface area contributed by atoms with E-state index in [1.54, 1.807) is 37.4 Å². The van der Waals surface area contributed by atoms with Gasteiger partial charge in [-0.15, -0.1) is 0 Å². The van der Waals surface area contributed by atoms with Crippen LogP contribution in [0, 0.1) is 0 Å². The zero-order valence-electron chi connectivity index (χ0n) is 15.3. The van der Waals surface area contributed by atoms with Crippen LogP contribution in [0.2, 0.25) is 0 Å². The predicted octanol–water partition coefficient (Wildman–Crippen LogP) is 2.64. The number of carbonyl (C=O) groups excluding carboxylic acids is 2. The fourth-order valence-corrected chi connectivity index (χ4v) is 2.42. The second-order valence-corrected chi connectivity index (χ2v) is 5.71. The number of carbonyl (C=O) groups is 2. The quantitative estimate of drug-likeness (QED) is 0.390. The van der Waals surface area contributed by atoms with Crippen LogP contribution >= 0.6 is 0 Å². The number of rotatable bonds is 6. The molecule has 0 atom stereocenters. The van der Waals surface area contributed by atoms with Gasteiger partial charge in [0.05, 0.1) is 31.7 Å². The van der Waals surface area contributed by atoms with E-state index in [0.717, 1.165) is 11.1 Å². The van der Waals surface area contributed by atoms with Crippen molar-refractivity contribution in [2.45, 2.75) is 0 Å². The van der Waals surface area contributed by atoms with Crippen LogP contribution in [-0.4, -0.2) is 42.5 Å². The fraction of sp³-hybridized carbons (Fsp3) is 0.100. The number of nitrogens with zero attached hydrogens (tertiary/aromatic N) is 2. The summed E-state index contributed by atoms with van der Waals surface area (Å²) in [6, 6.07) is 15.6. The fourth-order valence-electron chi connectivity index (χ4n) is 2.42. The molecule has 3 aromatic rings. The van der Waals surface area contributed by atoms with Crippen LogP contribution < -0.4 is 10.2 Å². The van der Waals surface area contributed by atoms with Crippen molar-refractivity contribution in [3.63, 3.8) is 0 Å². The van der Waals surface area contributed by atoms with Crippen LogP contribution in [0.3, 0.4) is 0 Å². The highest BCUT2D eigenvalue weighted by Crippen LogP contribution is 2.22. The number of ether oxygens (including phenoxy) is 2. The van der Waals surface area contributed by atoms with Crippen molar-refractivity contribution < 1.29 is 19.1 Å². The number of nitrogens with one attached hydrogen (secondary N) is 2. The van der Waals surface area contributed by atoms with Crippen LogP contribution in [-0.2, 0) is 4.74 Å². The number of aromatic amines is 1. The summed E-state index contributed by atoms with van der Waals surface area (Å²) in [6.45, 7) is 0. The van der Waals surface area contributed by atoms with Gasteiger partial charge in [-0.3, -0.25) is 9.89 Å². The van der Waals surface area contributed by atoms with Gasteiger partial charge in [0, 0.05) is 5.56 Å².